The van der Waals surface area contributed by atoms with Crippen LogP contribution in [-0.4, -0.2) is 37.1 Å². The molecule has 2 heterocycles. The number of amides is 1. The number of hydrogen-bond acceptors (Lipinski definition) is 4. The standard InChI is InChI=1S/C20H22F3N3O2/c1-28-17-5-3-2-4-14(17)12-19(27)25-16-8-10-26(11-9-16)18-7-6-15(13-24-18)20(21,22)23/h2-7,13,16H,8-12H2,1H3,(H,25,27). The van der Waals surface area contributed by atoms with Crippen molar-refractivity contribution in [2.45, 2.75) is 31.5 Å². The lowest BCUT2D eigenvalue weighted by molar-refractivity contribution is -0.137. The van der Waals surface area contributed by atoms with Crippen molar-refractivity contribution < 1.29 is 22.7 Å². The molecule has 0 spiro atoms. The summed E-state index contributed by atoms with van der Waals surface area (Å²) in [6.07, 6.45) is -1.87. The topological polar surface area (TPSA) is 54.5 Å². The second-order valence-electron chi connectivity index (χ2n) is 6.72. The Morgan fingerprint density at radius 2 is 1.93 bits per heavy atom. The Morgan fingerprint density at radius 1 is 1.21 bits per heavy atom. The van der Waals surface area contributed by atoms with Crippen LogP contribution in [0, 0.1) is 0 Å². The molecule has 0 saturated carbocycles. The summed E-state index contributed by atoms with van der Waals surface area (Å²) in [5.74, 6) is 1.13. The number of rotatable bonds is 5. The number of ether oxygens (including phenoxy) is 1. The van der Waals surface area contributed by atoms with E-state index in [0.717, 1.165) is 17.8 Å². The molecule has 1 N–H and O–H groups in total. The first-order chi connectivity index (χ1) is 13.4. The van der Waals surface area contributed by atoms with E-state index in [1.165, 1.54) is 6.07 Å². The Balaban J connectivity index is 1.50. The molecule has 2 aromatic rings. The summed E-state index contributed by atoms with van der Waals surface area (Å²) in [7, 11) is 1.57. The normalized spacial score (nSPS) is 15.4. The Morgan fingerprint density at radius 3 is 2.54 bits per heavy atom. The third-order valence-corrected chi connectivity index (χ3v) is 4.80. The summed E-state index contributed by atoms with van der Waals surface area (Å²) in [4.78, 5) is 18.2. The number of halogens is 3. The second kappa shape index (κ2) is 8.50. The molecule has 0 bridgehead atoms. The number of nitrogens with one attached hydrogen (secondary N) is 1. The van der Waals surface area contributed by atoms with Crippen LogP contribution in [0.1, 0.15) is 24.0 Å². The van der Waals surface area contributed by atoms with Gasteiger partial charge in [-0.2, -0.15) is 13.2 Å². The molecular formula is C20H22F3N3O2. The van der Waals surface area contributed by atoms with E-state index in [1.54, 1.807) is 7.11 Å². The number of aromatic nitrogens is 1. The van der Waals surface area contributed by atoms with Crippen LogP contribution < -0.4 is 15.0 Å². The van der Waals surface area contributed by atoms with Gasteiger partial charge in [-0.25, -0.2) is 4.98 Å². The molecule has 3 rings (SSSR count). The number of alkyl halides is 3. The lowest BCUT2D eigenvalue weighted by atomic mass is 10.0. The quantitative estimate of drug-likeness (QED) is 0.846. The highest BCUT2D eigenvalue weighted by Crippen LogP contribution is 2.29. The monoisotopic (exact) mass is 393 g/mol. The predicted octanol–water partition coefficient (Wildman–Crippen LogP) is 3.44. The van der Waals surface area contributed by atoms with Crippen LogP contribution in [0.5, 0.6) is 5.75 Å². The summed E-state index contributed by atoms with van der Waals surface area (Å²) < 4.78 is 43.2. The van der Waals surface area contributed by atoms with Crippen LogP contribution in [0.4, 0.5) is 19.0 Å². The molecule has 1 aromatic heterocycles. The minimum atomic E-state index is -4.38. The molecule has 0 unspecified atom stereocenters. The van der Waals surface area contributed by atoms with Crippen molar-refractivity contribution >= 4 is 11.7 Å². The van der Waals surface area contributed by atoms with Crippen LogP contribution in [0.25, 0.3) is 0 Å². The average molecular weight is 393 g/mol. The largest absolute Gasteiger partial charge is 0.496 e. The van der Waals surface area contributed by atoms with Crippen molar-refractivity contribution in [1.82, 2.24) is 10.3 Å². The van der Waals surface area contributed by atoms with E-state index in [1.807, 2.05) is 29.2 Å². The summed E-state index contributed by atoms with van der Waals surface area (Å²) in [5, 5.41) is 3.03. The van der Waals surface area contributed by atoms with Gasteiger partial charge in [0, 0.05) is 30.9 Å². The molecule has 0 aliphatic carbocycles. The smallest absolute Gasteiger partial charge is 0.417 e. The Labute approximate surface area is 161 Å². The maximum Gasteiger partial charge on any atom is 0.417 e. The van der Waals surface area contributed by atoms with Gasteiger partial charge >= 0.3 is 6.18 Å². The first-order valence-corrected chi connectivity index (χ1v) is 9.06. The molecule has 28 heavy (non-hydrogen) atoms. The molecule has 1 saturated heterocycles. The highest BCUT2D eigenvalue weighted by Gasteiger charge is 2.31. The molecule has 5 nitrogen and oxygen atoms in total. The predicted molar refractivity (Wildman–Crippen MR) is 99.3 cm³/mol. The zero-order valence-electron chi connectivity index (χ0n) is 15.5. The molecule has 1 amide bonds. The third-order valence-electron chi connectivity index (χ3n) is 4.80. The Hall–Kier alpha value is -2.77. The number of piperidine rings is 1. The molecule has 0 radical (unpaired) electrons. The van der Waals surface area contributed by atoms with E-state index in [4.69, 9.17) is 4.74 Å². The summed E-state index contributed by atoms with van der Waals surface area (Å²) in [5.41, 5.74) is 0.0728. The summed E-state index contributed by atoms with van der Waals surface area (Å²) >= 11 is 0. The van der Waals surface area contributed by atoms with Gasteiger partial charge in [0.25, 0.3) is 0 Å². The second-order valence-corrected chi connectivity index (χ2v) is 6.72. The van der Waals surface area contributed by atoms with Crippen molar-refractivity contribution in [3.63, 3.8) is 0 Å². The van der Waals surface area contributed by atoms with Gasteiger partial charge in [0.05, 0.1) is 19.1 Å². The van der Waals surface area contributed by atoms with Gasteiger partial charge in [0.15, 0.2) is 0 Å². The van der Waals surface area contributed by atoms with E-state index in [2.05, 4.69) is 10.3 Å². The van der Waals surface area contributed by atoms with Crippen LogP contribution in [0.2, 0.25) is 0 Å². The number of benzene rings is 1. The zero-order chi connectivity index (χ0) is 20.1. The number of nitrogens with zero attached hydrogens (tertiary/aromatic N) is 2. The number of methoxy groups -OCH3 is 1. The maximum atomic E-state index is 12.6. The molecular weight excluding hydrogens is 371 g/mol. The van der Waals surface area contributed by atoms with Crippen molar-refractivity contribution in [2.75, 3.05) is 25.1 Å². The molecule has 150 valence electrons. The number of carbonyl (C=O) groups excluding carboxylic acids is 1. The summed E-state index contributed by atoms with van der Waals surface area (Å²) in [6, 6.07) is 9.86. The van der Waals surface area contributed by atoms with Gasteiger partial charge in [0.1, 0.15) is 11.6 Å². The van der Waals surface area contributed by atoms with Crippen molar-refractivity contribution in [1.29, 1.82) is 0 Å². The molecule has 1 aliphatic rings. The fourth-order valence-corrected chi connectivity index (χ4v) is 3.29. The average Bonchev–Trinajstić information content (AvgIpc) is 2.68. The van der Waals surface area contributed by atoms with E-state index in [9.17, 15) is 18.0 Å². The van der Waals surface area contributed by atoms with Crippen LogP contribution in [-0.2, 0) is 17.4 Å². The van der Waals surface area contributed by atoms with Crippen molar-refractivity contribution in [3.05, 3.63) is 53.7 Å². The first kappa shape index (κ1) is 20.0. The van der Waals surface area contributed by atoms with Gasteiger partial charge < -0.3 is 15.0 Å². The maximum absolute atomic E-state index is 12.6. The SMILES string of the molecule is COc1ccccc1CC(=O)NC1CCN(c2ccc(C(F)(F)F)cn2)CC1. The molecule has 1 aliphatic heterocycles. The van der Waals surface area contributed by atoms with E-state index < -0.39 is 11.7 Å². The first-order valence-electron chi connectivity index (χ1n) is 9.06. The Kier molecular flexibility index (Phi) is 6.06. The number of para-hydroxylation sites is 1. The molecule has 8 heteroatoms. The number of hydrogen-bond donors (Lipinski definition) is 1. The minimum Gasteiger partial charge on any atom is -0.496 e. The van der Waals surface area contributed by atoms with E-state index in [-0.39, 0.29) is 18.4 Å². The van der Waals surface area contributed by atoms with E-state index in [0.29, 0.717) is 37.5 Å². The fourth-order valence-electron chi connectivity index (χ4n) is 3.29. The molecule has 1 fully saturated rings. The van der Waals surface area contributed by atoms with Crippen molar-refractivity contribution in [2.24, 2.45) is 0 Å². The fraction of sp³-hybridized carbons (Fsp3) is 0.400. The third kappa shape index (κ3) is 4.94. The van der Waals surface area contributed by atoms with Gasteiger partial charge in [-0.15, -0.1) is 0 Å². The highest BCUT2D eigenvalue weighted by atomic mass is 19.4. The van der Waals surface area contributed by atoms with Crippen LogP contribution in [0.15, 0.2) is 42.6 Å². The van der Waals surface area contributed by atoms with Gasteiger partial charge in [-0.05, 0) is 31.0 Å². The van der Waals surface area contributed by atoms with Crippen LogP contribution in [0.3, 0.4) is 0 Å². The minimum absolute atomic E-state index is 0.0351. The van der Waals surface area contributed by atoms with Gasteiger partial charge in [-0.1, -0.05) is 18.2 Å². The summed E-state index contributed by atoms with van der Waals surface area (Å²) in [6.45, 7) is 1.25. The number of anilines is 1. The zero-order valence-corrected chi connectivity index (χ0v) is 15.5. The lowest BCUT2D eigenvalue weighted by Gasteiger charge is -2.33. The van der Waals surface area contributed by atoms with Gasteiger partial charge in [0.2, 0.25) is 5.91 Å². The Bertz CT molecular complexity index is 801. The molecule has 1 aromatic carbocycles. The van der Waals surface area contributed by atoms with Gasteiger partial charge in [-0.3, -0.25) is 4.79 Å². The number of carbonyl (C=O) groups is 1. The molecule has 0 atom stereocenters. The van der Waals surface area contributed by atoms with E-state index >= 15 is 0 Å². The van der Waals surface area contributed by atoms with Crippen molar-refractivity contribution in [3.8, 4) is 5.75 Å². The number of pyridine rings is 1. The lowest BCUT2D eigenvalue weighted by Crippen LogP contribution is -2.45. The highest BCUT2D eigenvalue weighted by molar-refractivity contribution is 5.79. The van der Waals surface area contributed by atoms with Crippen LogP contribution >= 0.6 is 0 Å².